The molecule has 4 aromatic carbocycles. The number of fused-ring (bicyclic) bond motifs is 4. The van der Waals surface area contributed by atoms with Crippen molar-refractivity contribution in [2.45, 2.75) is 12.3 Å². The normalized spacial score (nSPS) is 12.6. The van der Waals surface area contributed by atoms with E-state index in [1.807, 2.05) is 54.6 Å². The van der Waals surface area contributed by atoms with E-state index < -0.39 is 0 Å². The van der Waals surface area contributed by atoms with E-state index in [2.05, 4.69) is 47.8 Å². The Morgan fingerprint density at radius 2 is 1.48 bits per heavy atom. The van der Waals surface area contributed by atoms with Gasteiger partial charge < -0.3 is 15.8 Å². The van der Waals surface area contributed by atoms with Gasteiger partial charge in [-0.3, -0.25) is 0 Å². The lowest BCUT2D eigenvalue weighted by atomic mass is 9.98. The zero-order valence-electron chi connectivity index (χ0n) is 18.3. The molecule has 4 nitrogen and oxygen atoms in total. The van der Waals surface area contributed by atoms with E-state index in [9.17, 15) is 4.79 Å². The number of ether oxygens (including phenoxy) is 1. The molecule has 0 saturated heterocycles. The number of hydrogen-bond donors (Lipinski definition) is 2. The third-order valence-corrected chi connectivity index (χ3v) is 6.21. The van der Waals surface area contributed by atoms with Gasteiger partial charge in [0.2, 0.25) is 0 Å². The van der Waals surface area contributed by atoms with Crippen LogP contribution in [0.15, 0.2) is 91.0 Å². The minimum Gasteiger partial charge on any atom is -0.449 e. The summed E-state index contributed by atoms with van der Waals surface area (Å²) >= 11 is 0. The average Bonchev–Trinajstić information content (AvgIpc) is 3.18. The van der Waals surface area contributed by atoms with Gasteiger partial charge in [-0.2, -0.15) is 0 Å². The molecule has 1 amide bonds. The van der Waals surface area contributed by atoms with Crippen molar-refractivity contribution in [2.75, 3.05) is 18.9 Å². The van der Waals surface area contributed by atoms with Gasteiger partial charge in [0.15, 0.2) is 0 Å². The van der Waals surface area contributed by atoms with Gasteiger partial charge in [-0.05, 0) is 45.7 Å². The van der Waals surface area contributed by atoms with Crippen LogP contribution in [-0.4, -0.2) is 19.2 Å². The number of benzene rings is 4. The van der Waals surface area contributed by atoms with E-state index in [1.165, 1.54) is 22.3 Å². The molecule has 4 aromatic rings. The first-order valence-electron chi connectivity index (χ1n) is 11.2. The highest BCUT2D eigenvalue weighted by Gasteiger charge is 2.28. The van der Waals surface area contributed by atoms with Gasteiger partial charge >= 0.3 is 6.09 Å². The van der Waals surface area contributed by atoms with E-state index in [1.54, 1.807) is 0 Å². The SMILES string of the molecule is Nc1ccc(C=CCCNC(=O)OCC2c3ccccc3-c3ccccc32)c2ccccc12. The standard InChI is InChI=1S/C29H26N2O2/c30-28-17-16-20(21-10-1-6-15-26(21)28)9-7-8-18-31-29(32)33-19-27-24-13-4-2-11-22(24)23-12-3-5-14-25(23)27/h1-7,9-17,27H,8,18-19,30H2,(H,31,32). The smallest absolute Gasteiger partial charge is 0.407 e. The Morgan fingerprint density at radius 1 is 0.848 bits per heavy atom. The van der Waals surface area contributed by atoms with E-state index in [0.29, 0.717) is 19.6 Å². The van der Waals surface area contributed by atoms with Crippen LogP contribution in [0.1, 0.15) is 29.0 Å². The van der Waals surface area contributed by atoms with Crippen molar-refractivity contribution in [1.82, 2.24) is 5.32 Å². The molecule has 0 atom stereocenters. The summed E-state index contributed by atoms with van der Waals surface area (Å²) in [6.45, 7) is 0.840. The Morgan fingerprint density at radius 3 is 2.21 bits per heavy atom. The highest BCUT2D eigenvalue weighted by Crippen LogP contribution is 2.44. The predicted octanol–water partition coefficient (Wildman–Crippen LogP) is 6.36. The number of alkyl carbamates (subject to hydrolysis) is 1. The number of nitrogens with one attached hydrogen (secondary N) is 1. The summed E-state index contributed by atoms with van der Waals surface area (Å²) in [4.78, 5) is 12.3. The maximum atomic E-state index is 12.3. The number of hydrogen-bond acceptors (Lipinski definition) is 3. The summed E-state index contributed by atoms with van der Waals surface area (Å²) in [7, 11) is 0. The summed E-state index contributed by atoms with van der Waals surface area (Å²) < 4.78 is 5.59. The van der Waals surface area contributed by atoms with Crippen LogP contribution in [0.25, 0.3) is 28.0 Å². The van der Waals surface area contributed by atoms with Gasteiger partial charge in [-0.1, -0.05) is 91.0 Å². The number of nitrogen functional groups attached to an aromatic ring is 1. The molecule has 0 bridgehead atoms. The molecule has 33 heavy (non-hydrogen) atoms. The van der Waals surface area contributed by atoms with Crippen LogP contribution in [0.5, 0.6) is 0 Å². The lowest BCUT2D eigenvalue weighted by molar-refractivity contribution is 0.143. The molecule has 0 spiro atoms. The van der Waals surface area contributed by atoms with Crippen molar-refractivity contribution in [3.8, 4) is 11.1 Å². The molecule has 164 valence electrons. The van der Waals surface area contributed by atoms with Gasteiger partial charge in [-0.25, -0.2) is 4.79 Å². The minimum absolute atomic E-state index is 0.0712. The summed E-state index contributed by atoms with van der Waals surface area (Å²) in [5, 5.41) is 5.03. The topological polar surface area (TPSA) is 64.3 Å². The van der Waals surface area contributed by atoms with E-state index in [-0.39, 0.29) is 12.0 Å². The number of amides is 1. The number of anilines is 1. The molecule has 0 fully saturated rings. The number of nitrogens with two attached hydrogens (primary N) is 1. The van der Waals surface area contributed by atoms with Crippen LogP contribution >= 0.6 is 0 Å². The molecular formula is C29H26N2O2. The molecule has 1 aliphatic rings. The molecule has 5 rings (SSSR count). The van der Waals surface area contributed by atoms with Gasteiger partial charge in [0.25, 0.3) is 0 Å². The van der Waals surface area contributed by atoms with E-state index >= 15 is 0 Å². The zero-order valence-corrected chi connectivity index (χ0v) is 18.3. The molecule has 0 saturated carbocycles. The fraction of sp³-hybridized carbons (Fsp3) is 0.138. The Bertz CT molecular complexity index is 1300. The van der Waals surface area contributed by atoms with Gasteiger partial charge in [0.1, 0.15) is 6.61 Å². The largest absolute Gasteiger partial charge is 0.449 e. The van der Waals surface area contributed by atoms with Crippen molar-refractivity contribution in [1.29, 1.82) is 0 Å². The van der Waals surface area contributed by atoms with Crippen LogP contribution in [0.2, 0.25) is 0 Å². The Kier molecular flexibility index (Phi) is 5.81. The van der Waals surface area contributed by atoms with E-state index in [4.69, 9.17) is 10.5 Å². The second-order valence-electron chi connectivity index (χ2n) is 8.23. The molecular weight excluding hydrogens is 408 g/mol. The average molecular weight is 435 g/mol. The molecule has 3 N–H and O–H groups in total. The predicted molar refractivity (Wildman–Crippen MR) is 135 cm³/mol. The molecule has 0 heterocycles. The first-order valence-corrected chi connectivity index (χ1v) is 11.2. The Balaban J connectivity index is 1.15. The van der Waals surface area contributed by atoms with Gasteiger partial charge in [0, 0.05) is 23.5 Å². The fourth-order valence-corrected chi connectivity index (χ4v) is 4.61. The van der Waals surface area contributed by atoms with Crippen molar-refractivity contribution < 1.29 is 9.53 Å². The lowest BCUT2D eigenvalue weighted by Crippen LogP contribution is -2.26. The molecule has 1 aliphatic carbocycles. The summed E-state index contributed by atoms with van der Waals surface area (Å²) in [6, 6.07) is 28.7. The maximum absolute atomic E-state index is 12.3. The number of carbonyl (C=O) groups is 1. The quantitative estimate of drug-likeness (QED) is 0.274. The van der Waals surface area contributed by atoms with E-state index in [0.717, 1.165) is 22.0 Å². The van der Waals surface area contributed by atoms with Crippen molar-refractivity contribution in [3.63, 3.8) is 0 Å². The van der Waals surface area contributed by atoms with Gasteiger partial charge in [-0.15, -0.1) is 0 Å². The van der Waals surface area contributed by atoms with Crippen LogP contribution in [-0.2, 0) is 4.74 Å². The second-order valence-corrected chi connectivity index (χ2v) is 8.23. The third-order valence-electron chi connectivity index (χ3n) is 6.21. The van der Waals surface area contributed by atoms with Crippen LogP contribution in [0.3, 0.4) is 0 Å². The van der Waals surface area contributed by atoms with Crippen LogP contribution in [0.4, 0.5) is 10.5 Å². The fourth-order valence-electron chi connectivity index (χ4n) is 4.61. The first-order chi connectivity index (χ1) is 16.2. The highest BCUT2D eigenvalue weighted by molar-refractivity contribution is 5.98. The molecule has 4 heteroatoms. The molecule has 0 radical (unpaired) electrons. The van der Waals surface area contributed by atoms with Crippen LogP contribution in [0, 0.1) is 0 Å². The van der Waals surface area contributed by atoms with Crippen LogP contribution < -0.4 is 11.1 Å². The second kappa shape index (κ2) is 9.21. The highest BCUT2D eigenvalue weighted by atomic mass is 16.5. The summed E-state index contributed by atoms with van der Waals surface area (Å²) in [6.07, 6.45) is 4.45. The van der Waals surface area contributed by atoms with Crippen molar-refractivity contribution >= 4 is 28.6 Å². The minimum atomic E-state index is -0.386. The van der Waals surface area contributed by atoms with Gasteiger partial charge in [0.05, 0.1) is 0 Å². The monoisotopic (exact) mass is 434 g/mol. The third kappa shape index (κ3) is 4.20. The maximum Gasteiger partial charge on any atom is 0.407 e. The van der Waals surface area contributed by atoms with Crippen molar-refractivity contribution in [2.24, 2.45) is 0 Å². The molecule has 0 aromatic heterocycles. The summed E-state index contributed by atoms with van der Waals surface area (Å²) in [5.74, 6) is 0.0712. The number of rotatable bonds is 6. The summed E-state index contributed by atoms with van der Waals surface area (Å²) in [5.41, 5.74) is 12.8. The Hall–Kier alpha value is -4.05. The lowest BCUT2D eigenvalue weighted by Gasteiger charge is -2.14. The molecule has 0 aliphatic heterocycles. The molecule has 0 unspecified atom stereocenters. The van der Waals surface area contributed by atoms with Crippen molar-refractivity contribution in [3.05, 3.63) is 108 Å². The zero-order chi connectivity index (χ0) is 22.6. The first kappa shape index (κ1) is 20.8. The number of carbonyl (C=O) groups excluding carboxylic acids is 1. The Labute approximate surface area is 193 Å².